The van der Waals surface area contributed by atoms with Crippen LogP contribution in [0.3, 0.4) is 0 Å². The van der Waals surface area contributed by atoms with Crippen LogP contribution in [0.4, 0.5) is 0 Å². The van der Waals surface area contributed by atoms with E-state index in [-0.39, 0.29) is 24.4 Å². The van der Waals surface area contributed by atoms with Gasteiger partial charge in [0.25, 0.3) is 0 Å². The molecule has 0 aromatic heterocycles. The van der Waals surface area contributed by atoms with Gasteiger partial charge in [-0.15, -0.1) is 0 Å². The van der Waals surface area contributed by atoms with E-state index in [2.05, 4.69) is 0 Å². The normalized spacial score (nSPS) is 10.0. The molecule has 0 aliphatic rings. The molecule has 0 aliphatic heterocycles. The molecule has 0 saturated carbocycles. The highest BCUT2D eigenvalue weighted by Crippen LogP contribution is 2.07. The van der Waals surface area contributed by atoms with Crippen LogP contribution in [-0.4, -0.2) is 29.8 Å². The monoisotopic (exact) mass is 258 g/mol. The van der Waals surface area contributed by atoms with E-state index in [9.17, 15) is 19.2 Å². The molecule has 0 aromatic rings. The van der Waals surface area contributed by atoms with E-state index in [0.717, 1.165) is 0 Å². The van der Waals surface area contributed by atoms with Gasteiger partial charge >= 0.3 is 11.9 Å². The van der Waals surface area contributed by atoms with Crippen LogP contribution in [0.2, 0.25) is 0 Å². The summed E-state index contributed by atoms with van der Waals surface area (Å²) in [7, 11) is 0. The van der Waals surface area contributed by atoms with Crippen molar-refractivity contribution in [2.24, 2.45) is 0 Å². The third-order valence-electron chi connectivity index (χ3n) is 1.84. The van der Waals surface area contributed by atoms with Crippen molar-refractivity contribution in [1.29, 1.82) is 0 Å². The molecule has 102 valence electrons. The number of Topliss-reactive ketones (excluding diaryl/α,β-unsaturated/α-hetero) is 2. The fourth-order valence-electron chi connectivity index (χ4n) is 1.16. The molecule has 0 heterocycles. The number of hydrogen-bond acceptors (Lipinski definition) is 6. The van der Waals surface area contributed by atoms with Gasteiger partial charge in [-0.3, -0.25) is 19.2 Å². The third-order valence-corrected chi connectivity index (χ3v) is 1.84. The van der Waals surface area contributed by atoms with E-state index in [1.807, 2.05) is 6.92 Å². The van der Waals surface area contributed by atoms with Gasteiger partial charge in [-0.1, -0.05) is 6.92 Å². The van der Waals surface area contributed by atoms with Crippen LogP contribution in [0, 0.1) is 0 Å². The van der Waals surface area contributed by atoms with Crippen LogP contribution >= 0.6 is 0 Å². The Bertz CT molecular complexity index is 303. The topological polar surface area (TPSA) is 86.7 Å². The summed E-state index contributed by atoms with van der Waals surface area (Å²) in [5, 5.41) is 0. The second-order valence-corrected chi connectivity index (χ2v) is 3.96. The first-order chi connectivity index (χ1) is 8.35. The van der Waals surface area contributed by atoms with Crippen LogP contribution in [0.1, 0.15) is 46.5 Å². The summed E-state index contributed by atoms with van der Waals surface area (Å²) in [5.41, 5.74) is 0. The van der Waals surface area contributed by atoms with Crippen LogP contribution in [0.15, 0.2) is 0 Å². The molecule has 0 spiro atoms. The van der Waals surface area contributed by atoms with E-state index < -0.39 is 18.2 Å². The summed E-state index contributed by atoms with van der Waals surface area (Å²) < 4.78 is 9.68. The summed E-state index contributed by atoms with van der Waals surface area (Å²) in [6, 6.07) is 0. The number of ketones is 2. The first kappa shape index (κ1) is 16.3. The molecule has 0 unspecified atom stereocenters. The van der Waals surface area contributed by atoms with Gasteiger partial charge in [0.15, 0.2) is 0 Å². The number of esters is 2. The quantitative estimate of drug-likeness (QED) is 0.369. The zero-order valence-electron chi connectivity index (χ0n) is 10.9. The van der Waals surface area contributed by atoms with Crippen LogP contribution in [0.25, 0.3) is 0 Å². The van der Waals surface area contributed by atoms with Gasteiger partial charge < -0.3 is 9.47 Å². The van der Waals surface area contributed by atoms with Crippen molar-refractivity contribution in [2.45, 2.75) is 52.7 Å². The molecular weight excluding hydrogens is 240 g/mol. The smallest absolute Gasteiger partial charge is 0.316 e. The summed E-state index contributed by atoms with van der Waals surface area (Å²) in [4.78, 5) is 43.9. The minimum absolute atomic E-state index is 0.327. The number of hydrogen-bond donors (Lipinski definition) is 0. The number of ether oxygens (including phenoxy) is 2. The summed E-state index contributed by atoms with van der Waals surface area (Å²) >= 11 is 0. The number of carbonyl (C=O) groups excluding carboxylic acids is 4. The fourth-order valence-corrected chi connectivity index (χ4v) is 1.16. The second-order valence-electron chi connectivity index (χ2n) is 3.96. The van der Waals surface area contributed by atoms with Gasteiger partial charge in [0.2, 0.25) is 6.29 Å². The molecule has 0 amide bonds. The van der Waals surface area contributed by atoms with Gasteiger partial charge in [-0.25, -0.2) is 0 Å². The van der Waals surface area contributed by atoms with Gasteiger partial charge in [-0.2, -0.15) is 0 Å². The van der Waals surface area contributed by atoms with Gasteiger partial charge in [0.1, 0.15) is 24.4 Å². The van der Waals surface area contributed by atoms with Crippen molar-refractivity contribution < 1.29 is 28.7 Å². The van der Waals surface area contributed by atoms with E-state index in [4.69, 9.17) is 9.47 Å². The molecule has 0 saturated heterocycles. The van der Waals surface area contributed by atoms with Crippen molar-refractivity contribution in [1.82, 2.24) is 0 Å². The van der Waals surface area contributed by atoms with Gasteiger partial charge in [-0.05, 0) is 20.3 Å². The molecule has 0 rings (SSSR count). The maximum atomic E-state index is 11.2. The van der Waals surface area contributed by atoms with E-state index >= 15 is 0 Å². The van der Waals surface area contributed by atoms with Crippen LogP contribution in [-0.2, 0) is 28.7 Å². The maximum absolute atomic E-state index is 11.2. The van der Waals surface area contributed by atoms with Crippen molar-refractivity contribution >= 4 is 23.5 Å². The predicted molar refractivity (Wildman–Crippen MR) is 61.5 cm³/mol. The molecular formula is C12H18O6. The van der Waals surface area contributed by atoms with Crippen LogP contribution < -0.4 is 0 Å². The molecule has 0 atom stereocenters. The highest BCUT2D eigenvalue weighted by atomic mass is 16.7. The SMILES string of the molecule is CCCC(OC(=O)CC(C)=O)OC(=O)CC(C)=O. The first-order valence-electron chi connectivity index (χ1n) is 5.73. The van der Waals surface area contributed by atoms with E-state index in [1.165, 1.54) is 13.8 Å². The molecule has 0 N–H and O–H groups in total. The Kier molecular flexibility index (Phi) is 7.58. The summed E-state index contributed by atoms with van der Waals surface area (Å²) in [5.74, 6) is -2.14. The predicted octanol–water partition coefficient (Wildman–Crippen LogP) is 1.16. The molecule has 6 heteroatoms. The summed E-state index contributed by atoms with van der Waals surface area (Å²) in [6.07, 6.45) is -0.790. The molecule has 0 fully saturated rings. The van der Waals surface area contributed by atoms with E-state index in [1.54, 1.807) is 0 Å². The largest absolute Gasteiger partial charge is 0.425 e. The van der Waals surface area contributed by atoms with Gasteiger partial charge in [0, 0.05) is 6.42 Å². The van der Waals surface area contributed by atoms with Crippen LogP contribution in [0.5, 0.6) is 0 Å². The van der Waals surface area contributed by atoms with E-state index in [0.29, 0.717) is 12.8 Å². The standard InChI is InChI=1S/C12H18O6/c1-4-5-12(17-10(15)6-8(2)13)18-11(16)7-9(3)14/h12H,4-7H2,1-3H3. The first-order valence-corrected chi connectivity index (χ1v) is 5.73. The molecule has 0 aliphatic carbocycles. The highest BCUT2D eigenvalue weighted by Gasteiger charge is 2.19. The van der Waals surface area contributed by atoms with Crippen molar-refractivity contribution in [3.05, 3.63) is 0 Å². The Morgan fingerprint density at radius 3 is 1.56 bits per heavy atom. The average Bonchev–Trinajstić information content (AvgIpc) is 2.14. The summed E-state index contributed by atoms with van der Waals surface area (Å²) in [6.45, 7) is 4.35. The number of rotatable bonds is 8. The maximum Gasteiger partial charge on any atom is 0.316 e. The molecule has 18 heavy (non-hydrogen) atoms. The van der Waals surface area contributed by atoms with Crippen molar-refractivity contribution in [3.8, 4) is 0 Å². The lowest BCUT2D eigenvalue weighted by Gasteiger charge is -2.17. The van der Waals surface area contributed by atoms with Gasteiger partial charge in [0.05, 0.1) is 0 Å². The highest BCUT2D eigenvalue weighted by molar-refractivity contribution is 5.95. The second kappa shape index (κ2) is 8.38. The molecule has 6 nitrogen and oxygen atoms in total. The Balaban J connectivity index is 4.29. The third kappa shape index (κ3) is 8.43. The lowest BCUT2D eigenvalue weighted by Crippen LogP contribution is -2.26. The Morgan fingerprint density at radius 2 is 1.28 bits per heavy atom. The Labute approximate surface area is 106 Å². The lowest BCUT2D eigenvalue weighted by molar-refractivity contribution is -0.188. The Morgan fingerprint density at radius 1 is 0.889 bits per heavy atom. The molecule has 0 aromatic carbocycles. The fraction of sp³-hybridized carbons (Fsp3) is 0.667. The zero-order chi connectivity index (χ0) is 14.1. The number of carbonyl (C=O) groups is 4. The lowest BCUT2D eigenvalue weighted by atomic mass is 10.3. The van der Waals surface area contributed by atoms with Crippen molar-refractivity contribution in [2.75, 3.05) is 0 Å². The molecule has 0 radical (unpaired) electrons. The zero-order valence-corrected chi connectivity index (χ0v) is 10.9. The minimum atomic E-state index is -1.03. The van der Waals surface area contributed by atoms with Crippen molar-refractivity contribution in [3.63, 3.8) is 0 Å². The molecule has 0 bridgehead atoms. The Hall–Kier alpha value is -1.72. The minimum Gasteiger partial charge on any atom is -0.425 e. The average molecular weight is 258 g/mol.